The summed E-state index contributed by atoms with van der Waals surface area (Å²) in [7, 11) is 1.68. The number of hydrogen-bond acceptors (Lipinski definition) is 2. The summed E-state index contributed by atoms with van der Waals surface area (Å²) in [5, 5.41) is 9.72. The zero-order valence-corrected chi connectivity index (χ0v) is 10.8. The molecule has 0 aliphatic carbocycles. The van der Waals surface area contributed by atoms with Crippen LogP contribution < -0.4 is 4.90 Å². The van der Waals surface area contributed by atoms with Crippen LogP contribution in [0.4, 0.5) is 20.2 Å². The first-order valence-corrected chi connectivity index (χ1v) is 5.96. The van der Waals surface area contributed by atoms with Crippen LogP contribution in [0.5, 0.6) is 0 Å². The number of rotatable bonds is 3. The summed E-state index contributed by atoms with van der Waals surface area (Å²) in [6.07, 6.45) is -0.784. The number of halogens is 2. The first-order chi connectivity index (χ1) is 9.00. The summed E-state index contributed by atoms with van der Waals surface area (Å²) in [6, 6.07) is 10.3. The normalized spacial score (nSPS) is 12.3. The molecule has 100 valence electrons. The van der Waals surface area contributed by atoms with Crippen LogP contribution in [0.25, 0.3) is 0 Å². The van der Waals surface area contributed by atoms with Gasteiger partial charge >= 0.3 is 0 Å². The molecule has 0 amide bonds. The number of benzene rings is 2. The van der Waals surface area contributed by atoms with Crippen molar-refractivity contribution in [1.82, 2.24) is 0 Å². The van der Waals surface area contributed by atoms with Crippen molar-refractivity contribution in [3.05, 3.63) is 59.7 Å². The zero-order chi connectivity index (χ0) is 14.0. The maximum Gasteiger partial charge on any atom is 0.147 e. The molecule has 1 atom stereocenters. The Morgan fingerprint density at radius 2 is 1.68 bits per heavy atom. The first kappa shape index (κ1) is 13.5. The molecule has 0 aromatic heterocycles. The van der Waals surface area contributed by atoms with E-state index >= 15 is 0 Å². The third kappa shape index (κ3) is 2.74. The molecule has 0 radical (unpaired) electrons. The van der Waals surface area contributed by atoms with E-state index < -0.39 is 11.9 Å². The van der Waals surface area contributed by atoms with Gasteiger partial charge in [-0.1, -0.05) is 12.1 Å². The molecule has 0 saturated carbocycles. The summed E-state index contributed by atoms with van der Waals surface area (Å²) in [5.74, 6) is -0.772. The molecule has 0 heterocycles. The van der Waals surface area contributed by atoms with Crippen molar-refractivity contribution in [2.45, 2.75) is 13.0 Å². The molecule has 0 bridgehead atoms. The molecular weight excluding hydrogens is 248 g/mol. The van der Waals surface area contributed by atoms with E-state index in [1.165, 1.54) is 18.2 Å². The molecule has 0 aliphatic heterocycles. The van der Waals surface area contributed by atoms with Gasteiger partial charge in [-0.2, -0.15) is 0 Å². The highest BCUT2D eigenvalue weighted by molar-refractivity contribution is 5.66. The average Bonchev–Trinajstić information content (AvgIpc) is 2.38. The highest BCUT2D eigenvalue weighted by Crippen LogP contribution is 2.33. The molecule has 2 aromatic rings. The number of aliphatic hydroxyl groups is 1. The Kier molecular flexibility index (Phi) is 3.81. The molecule has 1 unspecified atom stereocenters. The molecule has 0 fully saturated rings. The predicted octanol–water partition coefficient (Wildman–Crippen LogP) is 3.79. The fourth-order valence-corrected chi connectivity index (χ4v) is 2.02. The summed E-state index contributed by atoms with van der Waals surface area (Å²) < 4.78 is 26.9. The molecule has 2 nitrogen and oxygen atoms in total. The molecule has 2 aromatic carbocycles. The van der Waals surface area contributed by atoms with Crippen LogP contribution in [-0.4, -0.2) is 12.2 Å². The monoisotopic (exact) mass is 263 g/mol. The van der Waals surface area contributed by atoms with Crippen molar-refractivity contribution in [3.8, 4) is 0 Å². The van der Waals surface area contributed by atoms with Gasteiger partial charge < -0.3 is 10.0 Å². The van der Waals surface area contributed by atoms with Gasteiger partial charge in [0.05, 0.1) is 11.8 Å². The van der Waals surface area contributed by atoms with Crippen molar-refractivity contribution in [3.63, 3.8) is 0 Å². The minimum atomic E-state index is -0.784. The highest BCUT2D eigenvalue weighted by atomic mass is 19.1. The minimum Gasteiger partial charge on any atom is -0.389 e. The molecule has 0 aliphatic rings. The van der Waals surface area contributed by atoms with E-state index in [1.54, 1.807) is 43.1 Å². The highest BCUT2D eigenvalue weighted by Gasteiger charge is 2.17. The standard InChI is InChI=1S/C15H15F2NO/c1-10(19)13-4-3-5-14(17)15(13)18(2)12-8-6-11(16)7-9-12/h3-10,19H,1-2H3. The summed E-state index contributed by atoms with van der Waals surface area (Å²) in [5.41, 5.74) is 1.43. The molecule has 0 saturated heterocycles. The second-order valence-corrected chi connectivity index (χ2v) is 4.39. The third-order valence-electron chi connectivity index (χ3n) is 3.02. The molecule has 4 heteroatoms. The SMILES string of the molecule is CC(O)c1cccc(F)c1N(C)c1ccc(F)cc1. The van der Waals surface area contributed by atoms with Gasteiger partial charge in [-0.15, -0.1) is 0 Å². The van der Waals surface area contributed by atoms with Crippen LogP contribution in [0.3, 0.4) is 0 Å². The summed E-state index contributed by atoms with van der Waals surface area (Å²) in [6.45, 7) is 1.58. The van der Waals surface area contributed by atoms with E-state index in [0.29, 0.717) is 16.9 Å². The number of nitrogens with zero attached hydrogens (tertiary/aromatic N) is 1. The Bertz CT molecular complexity index is 567. The molecular formula is C15H15F2NO. The van der Waals surface area contributed by atoms with Gasteiger partial charge in [-0.25, -0.2) is 8.78 Å². The fourth-order valence-electron chi connectivity index (χ4n) is 2.02. The third-order valence-corrected chi connectivity index (χ3v) is 3.02. The lowest BCUT2D eigenvalue weighted by atomic mass is 10.1. The second kappa shape index (κ2) is 5.36. The summed E-state index contributed by atoms with van der Waals surface area (Å²) in [4.78, 5) is 1.59. The topological polar surface area (TPSA) is 23.5 Å². The first-order valence-electron chi connectivity index (χ1n) is 5.96. The van der Waals surface area contributed by atoms with Gasteiger partial charge in [0.15, 0.2) is 0 Å². The van der Waals surface area contributed by atoms with Crippen molar-refractivity contribution < 1.29 is 13.9 Å². The molecule has 19 heavy (non-hydrogen) atoms. The largest absolute Gasteiger partial charge is 0.389 e. The van der Waals surface area contributed by atoms with E-state index in [4.69, 9.17) is 0 Å². The lowest BCUT2D eigenvalue weighted by Crippen LogP contribution is -2.14. The second-order valence-electron chi connectivity index (χ2n) is 4.39. The van der Waals surface area contributed by atoms with Crippen LogP contribution in [0.15, 0.2) is 42.5 Å². The maximum atomic E-state index is 14.0. The quantitative estimate of drug-likeness (QED) is 0.910. The van der Waals surface area contributed by atoms with Crippen molar-refractivity contribution in [2.75, 3.05) is 11.9 Å². The van der Waals surface area contributed by atoms with E-state index in [-0.39, 0.29) is 5.82 Å². The Morgan fingerprint density at radius 3 is 2.26 bits per heavy atom. The van der Waals surface area contributed by atoms with Crippen molar-refractivity contribution >= 4 is 11.4 Å². The van der Waals surface area contributed by atoms with Crippen molar-refractivity contribution in [2.24, 2.45) is 0 Å². The van der Waals surface area contributed by atoms with Crippen molar-refractivity contribution in [1.29, 1.82) is 0 Å². The van der Waals surface area contributed by atoms with Crippen LogP contribution in [-0.2, 0) is 0 Å². The molecule has 1 N–H and O–H groups in total. The number of aliphatic hydroxyl groups excluding tert-OH is 1. The lowest BCUT2D eigenvalue weighted by Gasteiger charge is -2.24. The Morgan fingerprint density at radius 1 is 1.05 bits per heavy atom. The van der Waals surface area contributed by atoms with E-state index in [0.717, 1.165) is 0 Å². The van der Waals surface area contributed by atoms with E-state index in [1.807, 2.05) is 0 Å². The minimum absolute atomic E-state index is 0.295. The van der Waals surface area contributed by atoms with Crippen LogP contribution in [0.2, 0.25) is 0 Å². The maximum absolute atomic E-state index is 14.0. The fraction of sp³-hybridized carbons (Fsp3) is 0.200. The van der Waals surface area contributed by atoms with Gasteiger partial charge in [0.2, 0.25) is 0 Å². The molecule has 2 rings (SSSR count). The average molecular weight is 263 g/mol. The van der Waals surface area contributed by atoms with Gasteiger partial charge in [0.1, 0.15) is 11.6 Å². The van der Waals surface area contributed by atoms with Gasteiger partial charge in [0, 0.05) is 18.3 Å². The van der Waals surface area contributed by atoms with Crippen LogP contribution in [0, 0.1) is 11.6 Å². The number of anilines is 2. The number of para-hydroxylation sites is 1. The van der Waals surface area contributed by atoms with Crippen LogP contribution >= 0.6 is 0 Å². The number of hydrogen-bond donors (Lipinski definition) is 1. The van der Waals surface area contributed by atoms with Gasteiger partial charge in [-0.3, -0.25) is 0 Å². The lowest BCUT2D eigenvalue weighted by molar-refractivity contribution is 0.199. The smallest absolute Gasteiger partial charge is 0.147 e. The Hall–Kier alpha value is -1.94. The van der Waals surface area contributed by atoms with E-state index in [9.17, 15) is 13.9 Å². The summed E-state index contributed by atoms with van der Waals surface area (Å²) >= 11 is 0. The van der Waals surface area contributed by atoms with E-state index in [2.05, 4.69) is 0 Å². The van der Waals surface area contributed by atoms with Gasteiger partial charge in [0.25, 0.3) is 0 Å². The zero-order valence-electron chi connectivity index (χ0n) is 10.8. The molecule has 0 spiro atoms. The Balaban J connectivity index is 2.49. The van der Waals surface area contributed by atoms with Crippen LogP contribution in [0.1, 0.15) is 18.6 Å². The predicted molar refractivity (Wildman–Crippen MR) is 71.5 cm³/mol. The van der Waals surface area contributed by atoms with Gasteiger partial charge in [-0.05, 0) is 37.3 Å². The Labute approximate surface area is 110 Å².